The quantitative estimate of drug-likeness (QED) is 0.756. The van der Waals surface area contributed by atoms with E-state index in [0.717, 1.165) is 5.56 Å². The van der Waals surface area contributed by atoms with E-state index in [0.29, 0.717) is 17.7 Å². The van der Waals surface area contributed by atoms with E-state index in [1.54, 1.807) is 13.0 Å². The molecule has 0 saturated heterocycles. The Morgan fingerprint density at radius 3 is 2.48 bits per heavy atom. The van der Waals surface area contributed by atoms with Crippen LogP contribution in [-0.4, -0.2) is 18.0 Å². The number of hydrogen-bond acceptors (Lipinski definition) is 3. The molecular weight excluding hydrogens is 347 g/mol. The van der Waals surface area contributed by atoms with Gasteiger partial charge in [0.05, 0.1) is 0 Å². The minimum Gasteiger partial charge on any atom is -0.445 e. The summed E-state index contributed by atoms with van der Waals surface area (Å²) in [4.78, 5) is 24.8. The van der Waals surface area contributed by atoms with Gasteiger partial charge in [-0.25, -0.2) is 9.18 Å². The summed E-state index contributed by atoms with van der Waals surface area (Å²) in [5.41, 5.74) is 1.58. The van der Waals surface area contributed by atoms with E-state index in [1.165, 1.54) is 12.1 Å². The maximum atomic E-state index is 13.7. The molecule has 2 N–H and O–H groups in total. The minimum atomic E-state index is -0.791. The first-order valence-electron chi connectivity index (χ1n) is 8.95. The molecule has 0 aliphatic rings. The van der Waals surface area contributed by atoms with Gasteiger partial charge in [-0.05, 0) is 30.5 Å². The lowest BCUT2D eigenvalue weighted by Gasteiger charge is -2.23. The Morgan fingerprint density at radius 1 is 1.11 bits per heavy atom. The molecule has 0 spiro atoms. The van der Waals surface area contributed by atoms with Crippen LogP contribution >= 0.6 is 0 Å². The van der Waals surface area contributed by atoms with Crippen molar-refractivity contribution >= 4 is 17.7 Å². The maximum Gasteiger partial charge on any atom is 0.408 e. The van der Waals surface area contributed by atoms with E-state index in [2.05, 4.69) is 10.6 Å². The van der Waals surface area contributed by atoms with Gasteiger partial charge in [0.1, 0.15) is 18.5 Å². The summed E-state index contributed by atoms with van der Waals surface area (Å²) in [6, 6.07) is 13.0. The molecule has 0 heterocycles. The van der Waals surface area contributed by atoms with Crippen molar-refractivity contribution in [3.8, 4) is 0 Å². The van der Waals surface area contributed by atoms with Crippen LogP contribution in [0.25, 0.3) is 0 Å². The van der Waals surface area contributed by atoms with Crippen molar-refractivity contribution in [3.63, 3.8) is 0 Å². The van der Waals surface area contributed by atoms with Crippen LogP contribution in [0, 0.1) is 18.7 Å². The summed E-state index contributed by atoms with van der Waals surface area (Å²) in [7, 11) is 0. The SMILES string of the molecule is CC[C@H](C)[C@@H](NC(=O)OCc1ccccc1)C(=O)Nc1cccc(F)c1C. The monoisotopic (exact) mass is 372 g/mol. The molecular formula is C21H25FN2O3. The van der Waals surface area contributed by atoms with Gasteiger partial charge in [-0.2, -0.15) is 0 Å². The molecule has 2 atom stereocenters. The fourth-order valence-electron chi connectivity index (χ4n) is 2.55. The van der Waals surface area contributed by atoms with Gasteiger partial charge < -0.3 is 15.4 Å². The molecule has 2 amide bonds. The smallest absolute Gasteiger partial charge is 0.408 e. The van der Waals surface area contributed by atoms with Crippen LogP contribution in [0.2, 0.25) is 0 Å². The van der Waals surface area contributed by atoms with Gasteiger partial charge in [0.25, 0.3) is 0 Å². The van der Waals surface area contributed by atoms with Crippen molar-refractivity contribution in [1.29, 1.82) is 0 Å². The number of carbonyl (C=O) groups is 2. The Kier molecular flexibility index (Phi) is 7.34. The second-order valence-electron chi connectivity index (χ2n) is 6.47. The molecule has 0 fully saturated rings. The molecule has 0 aliphatic carbocycles. The van der Waals surface area contributed by atoms with Gasteiger partial charge in [0.15, 0.2) is 0 Å². The lowest BCUT2D eigenvalue weighted by atomic mass is 9.98. The molecule has 27 heavy (non-hydrogen) atoms. The third-order valence-corrected chi connectivity index (χ3v) is 4.51. The zero-order valence-electron chi connectivity index (χ0n) is 15.8. The first kappa shape index (κ1) is 20.4. The zero-order chi connectivity index (χ0) is 19.8. The van der Waals surface area contributed by atoms with Crippen molar-refractivity contribution in [2.24, 2.45) is 5.92 Å². The van der Waals surface area contributed by atoms with Gasteiger partial charge in [-0.1, -0.05) is 56.7 Å². The predicted molar refractivity (Wildman–Crippen MR) is 103 cm³/mol. The average Bonchev–Trinajstić information content (AvgIpc) is 2.68. The summed E-state index contributed by atoms with van der Waals surface area (Å²) in [5, 5.41) is 5.32. The molecule has 5 nitrogen and oxygen atoms in total. The van der Waals surface area contributed by atoms with E-state index < -0.39 is 23.9 Å². The fraction of sp³-hybridized carbons (Fsp3) is 0.333. The normalized spacial score (nSPS) is 12.7. The van der Waals surface area contributed by atoms with Crippen molar-refractivity contribution < 1.29 is 18.7 Å². The Hall–Kier alpha value is -2.89. The average molecular weight is 372 g/mol. The zero-order valence-corrected chi connectivity index (χ0v) is 15.8. The number of benzene rings is 2. The largest absolute Gasteiger partial charge is 0.445 e. The van der Waals surface area contributed by atoms with Crippen LogP contribution in [0.3, 0.4) is 0 Å². The molecule has 0 unspecified atom stereocenters. The van der Waals surface area contributed by atoms with Gasteiger partial charge in [-0.15, -0.1) is 0 Å². The Bertz CT molecular complexity index is 780. The highest BCUT2D eigenvalue weighted by atomic mass is 19.1. The van der Waals surface area contributed by atoms with Crippen LogP contribution in [0.15, 0.2) is 48.5 Å². The number of hydrogen-bond donors (Lipinski definition) is 2. The summed E-state index contributed by atoms with van der Waals surface area (Å²) in [5.74, 6) is -0.930. The number of anilines is 1. The highest BCUT2D eigenvalue weighted by Gasteiger charge is 2.27. The highest BCUT2D eigenvalue weighted by Crippen LogP contribution is 2.19. The molecule has 0 aliphatic heterocycles. The minimum absolute atomic E-state index is 0.116. The first-order valence-corrected chi connectivity index (χ1v) is 8.95. The van der Waals surface area contributed by atoms with Crippen molar-refractivity contribution in [2.45, 2.75) is 39.8 Å². The standard InChI is InChI=1S/C21H25FN2O3/c1-4-14(2)19(20(25)23-18-12-8-11-17(22)15(18)3)24-21(26)27-13-16-9-6-5-7-10-16/h5-12,14,19H,4,13H2,1-3H3,(H,23,25)(H,24,26)/t14-,19+/m0/s1. The van der Waals surface area contributed by atoms with Crippen LogP contribution in [0.5, 0.6) is 0 Å². The number of ether oxygens (including phenoxy) is 1. The summed E-state index contributed by atoms with van der Waals surface area (Å²) >= 11 is 0. The fourth-order valence-corrected chi connectivity index (χ4v) is 2.55. The third kappa shape index (κ3) is 5.81. The molecule has 6 heteroatoms. The van der Waals surface area contributed by atoms with E-state index >= 15 is 0 Å². The van der Waals surface area contributed by atoms with E-state index in [4.69, 9.17) is 4.74 Å². The van der Waals surface area contributed by atoms with Crippen LogP contribution < -0.4 is 10.6 Å². The van der Waals surface area contributed by atoms with Crippen molar-refractivity contribution in [1.82, 2.24) is 5.32 Å². The van der Waals surface area contributed by atoms with Crippen molar-refractivity contribution in [2.75, 3.05) is 5.32 Å². The Balaban J connectivity index is 2.02. The van der Waals surface area contributed by atoms with E-state index in [9.17, 15) is 14.0 Å². The lowest BCUT2D eigenvalue weighted by Crippen LogP contribution is -2.47. The maximum absolute atomic E-state index is 13.7. The summed E-state index contributed by atoms with van der Waals surface area (Å²) < 4.78 is 18.9. The number of amides is 2. The highest BCUT2D eigenvalue weighted by molar-refractivity contribution is 5.97. The molecule has 2 aromatic carbocycles. The summed E-state index contributed by atoms with van der Waals surface area (Å²) in [6.45, 7) is 5.49. The molecule has 0 saturated carbocycles. The summed E-state index contributed by atoms with van der Waals surface area (Å²) in [6.07, 6.45) is 0.00870. The Labute approximate surface area is 158 Å². The number of nitrogens with one attached hydrogen (secondary N) is 2. The molecule has 2 rings (SSSR count). The second kappa shape index (κ2) is 9.71. The lowest BCUT2D eigenvalue weighted by molar-refractivity contribution is -0.119. The van der Waals surface area contributed by atoms with Gasteiger partial charge in [-0.3, -0.25) is 4.79 Å². The molecule has 0 aromatic heterocycles. The second-order valence-corrected chi connectivity index (χ2v) is 6.47. The van der Waals surface area contributed by atoms with Crippen LogP contribution in [0.4, 0.5) is 14.9 Å². The Morgan fingerprint density at radius 2 is 1.81 bits per heavy atom. The van der Waals surface area contributed by atoms with Gasteiger partial charge >= 0.3 is 6.09 Å². The number of rotatable bonds is 7. The molecule has 0 radical (unpaired) electrons. The van der Waals surface area contributed by atoms with Gasteiger partial charge in [0, 0.05) is 11.3 Å². The first-order chi connectivity index (χ1) is 12.9. The number of alkyl carbamates (subject to hydrolysis) is 1. The molecule has 2 aromatic rings. The van der Waals surface area contributed by atoms with E-state index in [-0.39, 0.29) is 12.5 Å². The topological polar surface area (TPSA) is 67.4 Å². The van der Waals surface area contributed by atoms with E-state index in [1.807, 2.05) is 44.2 Å². The number of halogens is 1. The van der Waals surface area contributed by atoms with Gasteiger partial charge in [0.2, 0.25) is 5.91 Å². The molecule has 0 bridgehead atoms. The van der Waals surface area contributed by atoms with Crippen molar-refractivity contribution in [3.05, 3.63) is 65.5 Å². The van der Waals surface area contributed by atoms with Crippen LogP contribution in [-0.2, 0) is 16.1 Å². The number of carbonyl (C=O) groups excluding carboxylic acids is 2. The van der Waals surface area contributed by atoms with Crippen LogP contribution in [0.1, 0.15) is 31.4 Å². The predicted octanol–water partition coefficient (Wildman–Crippen LogP) is 4.41. The molecule has 144 valence electrons. The third-order valence-electron chi connectivity index (χ3n) is 4.51.